The van der Waals surface area contributed by atoms with E-state index in [1.54, 1.807) is 18.2 Å². The molecule has 2 amide bonds. The van der Waals surface area contributed by atoms with Crippen molar-refractivity contribution in [2.24, 2.45) is 0 Å². The van der Waals surface area contributed by atoms with Crippen molar-refractivity contribution in [1.82, 2.24) is 0 Å². The van der Waals surface area contributed by atoms with Crippen LogP contribution in [-0.4, -0.2) is 18.4 Å². The van der Waals surface area contributed by atoms with Gasteiger partial charge < -0.3 is 10.2 Å². The molecule has 4 nitrogen and oxygen atoms in total. The molecule has 0 saturated carbocycles. The van der Waals surface area contributed by atoms with Crippen LogP contribution < -0.4 is 10.2 Å². The fraction of sp³-hybridized carbons (Fsp3) is 0.263. The highest BCUT2D eigenvalue weighted by atomic mass is 35.5. The van der Waals surface area contributed by atoms with Crippen molar-refractivity contribution in [3.8, 4) is 0 Å². The molecule has 0 saturated heterocycles. The number of rotatable bonds is 5. The van der Waals surface area contributed by atoms with E-state index in [0.717, 1.165) is 16.8 Å². The number of anilines is 2. The van der Waals surface area contributed by atoms with Gasteiger partial charge in [0, 0.05) is 41.3 Å². The molecular formula is C19H20Cl2N2O2. The van der Waals surface area contributed by atoms with E-state index in [1.165, 1.54) is 11.8 Å². The fourth-order valence-electron chi connectivity index (χ4n) is 2.48. The molecule has 1 N–H and O–H groups in total. The molecule has 0 radical (unpaired) electrons. The van der Waals surface area contributed by atoms with Crippen molar-refractivity contribution in [3.63, 3.8) is 0 Å². The van der Waals surface area contributed by atoms with Crippen molar-refractivity contribution in [3.05, 3.63) is 57.6 Å². The summed E-state index contributed by atoms with van der Waals surface area (Å²) in [6, 6.07) is 10.6. The normalized spacial score (nSPS) is 10.4. The van der Waals surface area contributed by atoms with Crippen LogP contribution in [0.4, 0.5) is 11.4 Å². The first-order valence-corrected chi connectivity index (χ1v) is 8.64. The molecule has 2 aromatic carbocycles. The van der Waals surface area contributed by atoms with Crippen molar-refractivity contribution in [1.29, 1.82) is 0 Å². The summed E-state index contributed by atoms with van der Waals surface area (Å²) >= 11 is 12.0. The summed E-state index contributed by atoms with van der Waals surface area (Å²) in [6.07, 6.45) is 0.164. The maximum absolute atomic E-state index is 12.3. The summed E-state index contributed by atoms with van der Waals surface area (Å²) in [4.78, 5) is 25.7. The fourth-order valence-corrected chi connectivity index (χ4v) is 2.99. The van der Waals surface area contributed by atoms with Crippen LogP contribution in [0.3, 0.4) is 0 Å². The zero-order valence-corrected chi connectivity index (χ0v) is 15.9. The number of halogens is 2. The minimum atomic E-state index is -0.183. The first-order chi connectivity index (χ1) is 11.8. The van der Waals surface area contributed by atoms with E-state index in [2.05, 4.69) is 5.32 Å². The maximum atomic E-state index is 12.3. The predicted molar refractivity (Wildman–Crippen MR) is 104 cm³/mol. The highest BCUT2D eigenvalue weighted by Crippen LogP contribution is 2.26. The third kappa shape index (κ3) is 5.21. The van der Waals surface area contributed by atoms with E-state index >= 15 is 0 Å². The van der Waals surface area contributed by atoms with E-state index in [-0.39, 0.29) is 24.8 Å². The number of carbonyl (C=O) groups excluding carboxylic acids is 2. The third-order valence-corrected chi connectivity index (χ3v) is 4.42. The monoisotopic (exact) mass is 378 g/mol. The molecule has 0 aliphatic carbocycles. The van der Waals surface area contributed by atoms with Gasteiger partial charge in [0.2, 0.25) is 11.8 Å². The van der Waals surface area contributed by atoms with Gasteiger partial charge in [0.05, 0.1) is 0 Å². The second-order valence-corrected chi connectivity index (χ2v) is 6.72. The van der Waals surface area contributed by atoms with Gasteiger partial charge in [0.25, 0.3) is 0 Å². The molecule has 0 atom stereocenters. The van der Waals surface area contributed by atoms with Gasteiger partial charge in [-0.15, -0.1) is 0 Å². The lowest BCUT2D eigenvalue weighted by Crippen LogP contribution is -2.32. The second-order valence-electron chi connectivity index (χ2n) is 5.84. The number of nitrogens with zero attached hydrogens (tertiary/aromatic N) is 1. The quantitative estimate of drug-likeness (QED) is 0.796. The zero-order valence-electron chi connectivity index (χ0n) is 14.4. The smallest absolute Gasteiger partial charge is 0.226 e. The minimum Gasteiger partial charge on any atom is -0.326 e. The van der Waals surface area contributed by atoms with E-state index in [9.17, 15) is 9.59 Å². The molecule has 0 unspecified atom stereocenters. The summed E-state index contributed by atoms with van der Waals surface area (Å²) in [5.74, 6) is -0.342. The van der Waals surface area contributed by atoms with Crippen LogP contribution in [0.15, 0.2) is 36.4 Å². The minimum absolute atomic E-state index is 0.159. The molecule has 2 aromatic rings. The SMILES string of the molecule is CC(=O)N(CCC(=O)Nc1cccc(C)c1C)c1cc(Cl)cc(Cl)c1. The van der Waals surface area contributed by atoms with Crippen LogP contribution in [0.1, 0.15) is 24.5 Å². The van der Waals surface area contributed by atoms with Gasteiger partial charge in [0.1, 0.15) is 0 Å². The molecule has 0 aliphatic heterocycles. The van der Waals surface area contributed by atoms with Crippen LogP contribution in [-0.2, 0) is 9.59 Å². The molecule has 0 aromatic heterocycles. The largest absolute Gasteiger partial charge is 0.326 e. The second kappa shape index (κ2) is 8.37. The van der Waals surface area contributed by atoms with Crippen molar-refractivity contribution in [2.45, 2.75) is 27.2 Å². The van der Waals surface area contributed by atoms with Gasteiger partial charge in [-0.3, -0.25) is 9.59 Å². The number of hydrogen-bond donors (Lipinski definition) is 1. The molecule has 6 heteroatoms. The Hall–Kier alpha value is -2.04. The molecule has 0 aliphatic rings. The number of amides is 2. The predicted octanol–water partition coefficient (Wildman–Crippen LogP) is 4.99. The Morgan fingerprint density at radius 3 is 2.32 bits per heavy atom. The number of aryl methyl sites for hydroxylation is 1. The molecule has 0 fully saturated rings. The van der Waals surface area contributed by atoms with E-state index in [4.69, 9.17) is 23.2 Å². The van der Waals surface area contributed by atoms with Gasteiger partial charge >= 0.3 is 0 Å². The van der Waals surface area contributed by atoms with Crippen molar-refractivity contribution < 1.29 is 9.59 Å². The van der Waals surface area contributed by atoms with E-state index in [0.29, 0.717) is 15.7 Å². The highest BCUT2D eigenvalue weighted by molar-refractivity contribution is 6.35. The Balaban J connectivity index is 2.07. The maximum Gasteiger partial charge on any atom is 0.226 e. The Morgan fingerprint density at radius 2 is 1.72 bits per heavy atom. The topological polar surface area (TPSA) is 49.4 Å². The number of benzene rings is 2. The first kappa shape index (κ1) is 19.3. The van der Waals surface area contributed by atoms with Crippen LogP contribution in [0.25, 0.3) is 0 Å². The van der Waals surface area contributed by atoms with E-state index < -0.39 is 0 Å². The lowest BCUT2D eigenvalue weighted by molar-refractivity contribution is -0.117. The van der Waals surface area contributed by atoms with Gasteiger partial charge in [-0.05, 0) is 49.2 Å². The Labute approximate surface area is 157 Å². The van der Waals surface area contributed by atoms with Gasteiger partial charge in [-0.1, -0.05) is 35.3 Å². The summed E-state index contributed by atoms with van der Waals surface area (Å²) in [5, 5.41) is 3.77. The lowest BCUT2D eigenvalue weighted by atomic mass is 10.1. The Kier molecular flexibility index (Phi) is 6.45. The number of carbonyl (C=O) groups is 2. The summed E-state index contributed by atoms with van der Waals surface area (Å²) in [6.45, 7) is 5.63. The zero-order chi connectivity index (χ0) is 18.6. The summed E-state index contributed by atoms with van der Waals surface area (Å²) in [5.41, 5.74) is 3.49. The standard InChI is InChI=1S/C19H20Cl2N2O2/c1-12-5-4-6-18(13(12)2)22-19(25)7-8-23(14(3)24)17-10-15(20)9-16(21)11-17/h4-6,9-11H,7-8H2,1-3H3,(H,22,25). The van der Waals surface area contributed by atoms with Gasteiger partial charge in [-0.2, -0.15) is 0 Å². The highest BCUT2D eigenvalue weighted by Gasteiger charge is 2.15. The molecule has 25 heavy (non-hydrogen) atoms. The number of hydrogen-bond acceptors (Lipinski definition) is 2. The first-order valence-electron chi connectivity index (χ1n) is 7.88. The van der Waals surface area contributed by atoms with Crippen LogP contribution in [0, 0.1) is 13.8 Å². The molecular weight excluding hydrogens is 359 g/mol. The lowest BCUT2D eigenvalue weighted by Gasteiger charge is -2.21. The molecule has 0 heterocycles. The Bertz CT molecular complexity index is 786. The average Bonchev–Trinajstić information content (AvgIpc) is 2.51. The van der Waals surface area contributed by atoms with Gasteiger partial charge in [-0.25, -0.2) is 0 Å². The van der Waals surface area contributed by atoms with Crippen molar-refractivity contribution >= 4 is 46.4 Å². The molecule has 0 bridgehead atoms. The van der Waals surface area contributed by atoms with Crippen LogP contribution in [0.2, 0.25) is 10.0 Å². The van der Waals surface area contributed by atoms with Crippen molar-refractivity contribution in [2.75, 3.05) is 16.8 Å². The van der Waals surface area contributed by atoms with Crippen LogP contribution >= 0.6 is 23.2 Å². The average molecular weight is 379 g/mol. The van der Waals surface area contributed by atoms with Gasteiger partial charge in [0.15, 0.2) is 0 Å². The molecule has 2 rings (SSSR count). The Morgan fingerprint density at radius 1 is 1.08 bits per heavy atom. The summed E-state index contributed by atoms with van der Waals surface area (Å²) < 4.78 is 0. The molecule has 0 spiro atoms. The van der Waals surface area contributed by atoms with E-state index in [1.807, 2.05) is 32.0 Å². The van der Waals surface area contributed by atoms with Crippen LogP contribution in [0.5, 0.6) is 0 Å². The molecule has 132 valence electrons. The summed E-state index contributed by atoms with van der Waals surface area (Å²) in [7, 11) is 0. The number of nitrogens with one attached hydrogen (secondary N) is 1. The third-order valence-electron chi connectivity index (χ3n) is 3.98.